The van der Waals surface area contributed by atoms with E-state index in [2.05, 4.69) is 15.0 Å². The minimum absolute atomic E-state index is 0.185. The zero-order valence-corrected chi connectivity index (χ0v) is 17.3. The molecule has 4 aromatic rings. The highest BCUT2D eigenvalue weighted by Gasteiger charge is 2.13. The molecule has 0 aliphatic heterocycles. The summed E-state index contributed by atoms with van der Waals surface area (Å²) in [5, 5.41) is 16.7. The van der Waals surface area contributed by atoms with E-state index in [4.69, 9.17) is 26.2 Å². The number of carboxylic acids is 1. The molecule has 0 fully saturated rings. The van der Waals surface area contributed by atoms with E-state index in [1.807, 2.05) is 25.1 Å². The first-order valence-electron chi connectivity index (χ1n) is 9.04. The molecule has 158 valence electrons. The zero-order chi connectivity index (χ0) is 22.5. The minimum atomic E-state index is -1.00. The molecule has 0 radical (unpaired) electrons. The molecule has 0 aliphatic carbocycles. The lowest BCUT2D eigenvalue weighted by molar-refractivity contribution is -0.122. The summed E-state index contributed by atoms with van der Waals surface area (Å²) in [7, 11) is 0. The molecule has 2 aromatic carbocycles. The van der Waals surface area contributed by atoms with Gasteiger partial charge in [0.05, 0.1) is 27.3 Å². The number of halogens is 1. The SMILES string of the molecule is Cc1ccnc(-c2cc3nc(Oc4ccc(C)c(C(=O)O)c4)[nH]c3cc2Cl)c1.O=CO. The second-order valence-electron chi connectivity index (χ2n) is 6.60. The first kappa shape index (κ1) is 21.8. The highest BCUT2D eigenvalue weighted by molar-refractivity contribution is 6.34. The number of aromatic carboxylic acids is 1. The number of nitrogens with zero attached hydrogens (tertiary/aromatic N) is 2. The first-order valence-corrected chi connectivity index (χ1v) is 9.42. The third-order valence-electron chi connectivity index (χ3n) is 4.39. The van der Waals surface area contributed by atoms with Crippen LogP contribution in [0.1, 0.15) is 21.5 Å². The van der Waals surface area contributed by atoms with Crippen LogP contribution in [0, 0.1) is 13.8 Å². The van der Waals surface area contributed by atoms with Gasteiger partial charge >= 0.3 is 5.97 Å². The van der Waals surface area contributed by atoms with E-state index in [-0.39, 0.29) is 18.0 Å². The molecule has 3 N–H and O–H groups in total. The maximum atomic E-state index is 11.3. The van der Waals surface area contributed by atoms with Gasteiger partial charge in [0.25, 0.3) is 12.5 Å². The summed E-state index contributed by atoms with van der Waals surface area (Å²) < 4.78 is 5.73. The van der Waals surface area contributed by atoms with Crippen LogP contribution in [0.4, 0.5) is 0 Å². The number of carbonyl (C=O) groups is 2. The molecule has 9 heteroatoms. The molecular weight excluding hydrogens is 422 g/mol. The summed E-state index contributed by atoms with van der Waals surface area (Å²) in [6.07, 6.45) is 1.74. The molecule has 4 rings (SSSR count). The van der Waals surface area contributed by atoms with Crippen LogP contribution >= 0.6 is 11.6 Å². The Balaban J connectivity index is 0.000000858. The fourth-order valence-electron chi connectivity index (χ4n) is 2.94. The molecule has 8 nitrogen and oxygen atoms in total. The molecule has 2 heterocycles. The quantitative estimate of drug-likeness (QED) is 0.378. The second kappa shape index (κ2) is 9.27. The lowest BCUT2D eigenvalue weighted by Gasteiger charge is -2.05. The largest absolute Gasteiger partial charge is 0.483 e. The average Bonchev–Trinajstić information content (AvgIpc) is 3.10. The van der Waals surface area contributed by atoms with Gasteiger partial charge in [-0.3, -0.25) is 9.78 Å². The molecule has 0 saturated carbocycles. The normalized spacial score (nSPS) is 10.3. The van der Waals surface area contributed by atoms with Gasteiger partial charge in [0.15, 0.2) is 0 Å². The third-order valence-corrected chi connectivity index (χ3v) is 4.71. The lowest BCUT2D eigenvalue weighted by atomic mass is 10.1. The Hall–Kier alpha value is -3.91. The lowest BCUT2D eigenvalue weighted by Crippen LogP contribution is -2.00. The maximum Gasteiger partial charge on any atom is 0.336 e. The number of H-pyrrole nitrogens is 1. The maximum absolute atomic E-state index is 11.3. The van der Waals surface area contributed by atoms with E-state index < -0.39 is 5.97 Å². The fourth-order valence-corrected chi connectivity index (χ4v) is 3.20. The van der Waals surface area contributed by atoms with Crippen molar-refractivity contribution >= 4 is 35.1 Å². The molecule has 0 bridgehead atoms. The topological polar surface area (TPSA) is 125 Å². The number of ether oxygens (including phenoxy) is 1. The molecule has 0 amide bonds. The van der Waals surface area contributed by atoms with Crippen molar-refractivity contribution in [3.8, 4) is 23.0 Å². The van der Waals surface area contributed by atoms with Crippen molar-refractivity contribution in [3.05, 3.63) is 70.4 Å². The van der Waals surface area contributed by atoms with Crippen LogP contribution in [0.25, 0.3) is 22.3 Å². The number of imidazole rings is 1. The van der Waals surface area contributed by atoms with Crippen LogP contribution in [0.15, 0.2) is 48.7 Å². The molecule has 0 atom stereocenters. The number of hydrogen-bond acceptors (Lipinski definition) is 5. The average molecular weight is 440 g/mol. The predicted octanol–water partition coefficient (Wildman–Crippen LogP) is 5.09. The van der Waals surface area contributed by atoms with Crippen molar-refractivity contribution in [2.45, 2.75) is 13.8 Å². The predicted molar refractivity (Wildman–Crippen MR) is 116 cm³/mol. The monoisotopic (exact) mass is 439 g/mol. The summed E-state index contributed by atoms with van der Waals surface area (Å²) >= 11 is 6.44. The van der Waals surface area contributed by atoms with Crippen LogP contribution in [-0.4, -0.2) is 37.6 Å². The Kier molecular flexibility index (Phi) is 6.52. The zero-order valence-electron chi connectivity index (χ0n) is 16.6. The molecule has 0 unspecified atom stereocenters. The van der Waals surface area contributed by atoms with Gasteiger partial charge in [-0.25, -0.2) is 4.79 Å². The standard InChI is InChI=1S/C21H16ClN3O3.CH2O2/c1-11-5-6-23-17(7-11)15-9-18-19(10-16(15)22)25-21(24-18)28-13-4-3-12(2)14(8-13)20(26)27;2-1-3/h3-10H,1-2H3,(H,24,25)(H,26,27);1H,(H,2,3). The number of aromatic nitrogens is 3. The highest BCUT2D eigenvalue weighted by Crippen LogP contribution is 2.32. The Bertz CT molecular complexity index is 1270. The summed E-state index contributed by atoms with van der Waals surface area (Å²) in [5.41, 5.74) is 4.85. The Morgan fingerprint density at radius 2 is 1.90 bits per heavy atom. The minimum Gasteiger partial charge on any atom is -0.483 e. The molecule has 31 heavy (non-hydrogen) atoms. The summed E-state index contributed by atoms with van der Waals surface area (Å²) in [6, 6.07) is 12.6. The van der Waals surface area contributed by atoms with Gasteiger partial charge in [-0.2, -0.15) is 4.98 Å². The van der Waals surface area contributed by atoms with E-state index in [0.29, 0.717) is 27.4 Å². The second-order valence-corrected chi connectivity index (χ2v) is 7.01. The van der Waals surface area contributed by atoms with Crippen molar-refractivity contribution in [1.82, 2.24) is 15.0 Å². The molecule has 0 aliphatic rings. The highest BCUT2D eigenvalue weighted by atomic mass is 35.5. The number of aryl methyl sites for hydroxylation is 2. The number of aromatic amines is 1. The number of carboxylic acid groups (broad SMARTS) is 2. The smallest absolute Gasteiger partial charge is 0.336 e. The number of pyridine rings is 1. The van der Waals surface area contributed by atoms with E-state index in [9.17, 15) is 9.90 Å². The van der Waals surface area contributed by atoms with Crippen LogP contribution in [-0.2, 0) is 4.79 Å². The molecule has 2 aromatic heterocycles. The van der Waals surface area contributed by atoms with Crippen LogP contribution in [0.2, 0.25) is 5.02 Å². The van der Waals surface area contributed by atoms with Gasteiger partial charge < -0.3 is 19.9 Å². The van der Waals surface area contributed by atoms with Gasteiger partial charge in [-0.1, -0.05) is 17.7 Å². The van der Waals surface area contributed by atoms with E-state index >= 15 is 0 Å². The van der Waals surface area contributed by atoms with Gasteiger partial charge in [0.1, 0.15) is 5.75 Å². The first-order chi connectivity index (χ1) is 14.8. The summed E-state index contributed by atoms with van der Waals surface area (Å²) in [4.78, 5) is 31.5. The molecule has 0 saturated heterocycles. The Morgan fingerprint density at radius 1 is 1.16 bits per heavy atom. The van der Waals surface area contributed by atoms with Crippen molar-refractivity contribution in [2.24, 2.45) is 0 Å². The summed E-state index contributed by atoms with van der Waals surface area (Å²) in [5.74, 6) is -0.622. The van der Waals surface area contributed by atoms with Gasteiger partial charge in [-0.15, -0.1) is 0 Å². The number of benzene rings is 2. The van der Waals surface area contributed by atoms with Gasteiger partial charge in [0.2, 0.25) is 0 Å². The summed E-state index contributed by atoms with van der Waals surface area (Å²) in [6.45, 7) is 3.47. The van der Waals surface area contributed by atoms with Gasteiger partial charge in [0, 0.05) is 11.8 Å². The van der Waals surface area contributed by atoms with Gasteiger partial charge in [-0.05, 0) is 61.4 Å². The van der Waals surface area contributed by atoms with Crippen molar-refractivity contribution in [1.29, 1.82) is 0 Å². The fraction of sp³-hybridized carbons (Fsp3) is 0.0909. The Labute approximate surface area is 182 Å². The number of fused-ring (bicyclic) bond motifs is 1. The van der Waals surface area contributed by atoms with E-state index in [0.717, 1.165) is 16.8 Å². The van der Waals surface area contributed by atoms with Crippen molar-refractivity contribution in [2.75, 3.05) is 0 Å². The van der Waals surface area contributed by atoms with Crippen molar-refractivity contribution < 1.29 is 24.5 Å². The van der Waals surface area contributed by atoms with Crippen LogP contribution in [0.5, 0.6) is 11.8 Å². The van der Waals surface area contributed by atoms with Crippen LogP contribution in [0.3, 0.4) is 0 Å². The number of rotatable bonds is 4. The van der Waals surface area contributed by atoms with Crippen LogP contribution < -0.4 is 4.74 Å². The third kappa shape index (κ3) is 4.99. The molecule has 0 spiro atoms. The molecular formula is C22H18ClN3O5. The van der Waals surface area contributed by atoms with E-state index in [1.165, 1.54) is 6.07 Å². The number of nitrogens with one attached hydrogen (secondary N) is 1. The Morgan fingerprint density at radius 3 is 2.58 bits per heavy atom. The van der Waals surface area contributed by atoms with Crippen molar-refractivity contribution in [3.63, 3.8) is 0 Å². The van der Waals surface area contributed by atoms with E-state index in [1.54, 1.807) is 31.3 Å². The number of hydrogen-bond donors (Lipinski definition) is 3.